The lowest BCUT2D eigenvalue weighted by atomic mass is 9.98. The monoisotopic (exact) mass is 281 g/mol. The average molecular weight is 281 g/mol. The number of methoxy groups -OCH3 is 2. The van der Waals surface area contributed by atoms with Gasteiger partial charge in [-0.3, -0.25) is 0 Å². The molecule has 0 aromatic carbocycles. The lowest BCUT2D eigenvalue weighted by Gasteiger charge is -2.25. The molecule has 0 radical (unpaired) electrons. The predicted octanol–water partition coefficient (Wildman–Crippen LogP) is 2.41. The quantitative estimate of drug-likeness (QED) is 0.659. The van der Waals surface area contributed by atoms with Crippen LogP contribution in [0.2, 0.25) is 0 Å². The molecule has 1 fully saturated rings. The van der Waals surface area contributed by atoms with Crippen molar-refractivity contribution in [2.75, 3.05) is 27.4 Å². The minimum atomic E-state index is 0.116. The van der Waals surface area contributed by atoms with E-state index in [-0.39, 0.29) is 6.10 Å². The molecule has 0 bridgehead atoms. The van der Waals surface area contributed by atoms with Crippen LogP contribution in [0.25, 0.3) is 0 Å². The molecule has 0 aromatic heterocycles. The first-order valence-electron chi connectivity index (χ1n) is 7.55. The highest BCUT2D eigenvalue weighted by Crippen LogP contribution is 2.25. The van der Waals surface area contributed by atoms with Crippen molar-refractivity contribution in [1.29, 1.82) is 0 Å². The van der Waals surface area contributed by atoms with Gasteiger partial charge in [0.05, 0.1) is 19.0 Å². The molecule has 0 aliphatic heterocycles. The van der Waals surface area contributed by atoms with Crippen molar-refractivity contribution in [2.24, 2.45) is 0 Å². The topological polar surface area (TPSA) is 39.7 Å². The lowest BCUT2D eigenvalue weighted by Crippen LogP contribution is -2.31. The Hall–Kier alpha value is -0.840. The van der Waals surface area contributed by atoms with Crippen LogP contribution < -0.4 is 5.32 Å². The summed E-state index contributed by atoms with van der Waals surface area (Å²) in [7, 11) is 3.45. The molecular weight excluding hydrogens is 254 g/mol. The molecule has 0 aromatic rings. The molecule has 2 rings (SSSR count). The van der Waals surface area contributed by atoms with Gasteiger partial charge in [0.2, 0.25) is 0 Å². The van der Waals surface area contributed by atoms with Gasteiger partial charge in [0.25, 0.3) is 0 Å². The van der Waals surface area contributed by atoms with Gasteiger partial charge in [-0.1, -0.05) is 6.08 Å². The number of nitrogens with one attached hydrogen (secondary N) is 1. The zero-order valence-corrected chi connectivity index (χ0v) is 12.9. The SMILES string of the molecule is COCCCOC1C=C(C(C)NC2CC2)C=C(OC)C1. The van der Waals surface area contributed by atoms with Gasteiger partial charge >= 0.3 is 0 Å². The van der Waals surface area contributed by atoms with Gasteiger partial charge in [-0.2, -0.15) is 0 Å². The Kier molecular flexibility index (Phi) is 6.07. The van der Waals surface area contributed by atoms with E-state index in [1.807, 2.05) is 0 Å². The summed E-state index contributed by atoms with van der Waals surface area (Å²) in [5.74, 6) is 1.00. The van der Waals surface area contributed by atoms with Crippen LogP contribution in [0.15, 0.2) is 23.5 Å². The molecule has 2 aliphatic carbocycles. The summed E-state index contributed by atoms with van der Waals surface area (Å²) in [6.07, 6.45) is 8.85. The van der Waals surface area contributed by atoms with Crippen molar-refractivity contribution >= 4 is 0 Å². The minimum absolute atomic E-state index is 0.116. The Morgan fingerprint density at radius 3 is 2.75 bits per heavy atom. The second kappa shape index (κ2) is 7.81. The highest BCUT2D eigenvalue weighted by Gasteiger charge is 2.26. The molecule has 0 heterocycles. The summed E-state index contributed by atoms with van der Waals surface area (Å²) >= 11 is 0. The number of hydrogen-bond acceptors (Lipinski definition) is 4. The maximum atomic E-state index is 5.91. The van der Waals surface area contributed by atoms with Crippen LogP contribution in [-0.2, 0) is 14.2 Å². The van der Waals surface area contributed by atoms with E-state index >= 15 is 0 Å². The summed E-state index contributed by atoms with van der Waals surface area (Å²) in [5, 5.41) is 3.62. The molecule has 0 saturated heterocycles. The van der Waals surface area contributed by atoms with E-state index < -0.39 is 0 Å². The van der Waals surface area contributed by atoms with Gasteiger partial charge in [-0.25, -0.2) is 0 Å². The maximum absolute atomic E-state index is 5.91. The van der Waals surface area contributed by atoms with E-state index in [2.05, 4.69) is 24.4 Å². The standard InChI is InChI=1S/C16H27NO3/c1-12(17-14-5-6-14)13-9-15(19-3)11-16(10-13)20-8-4-7-18-2/h9-10,12,14,16-17H,4-8,11H2,1-3H3. The zero-order chi connectivity index (χ0) is 14.4. The third kappa shape index (κ3) is 4.93. The lowest BCUT2D eigenvalue weighted by molar-refractivity contribution is 0.0564. The first kappa shape index (κ1) is 15.5. The van der Waals surface area contributed by atoms with Crippen LogP contribution in [0, 0.1) is 0 Å². The van der Waals surface area contributed by atoms with Gasteiger partial charge in [0.1, 0.15) is 0 Å². The fraction of sp³-hybridized carbons (Fsp3) is 0.750. The Morgan fingerprint density at radius 2 is 2.10 bits per heavy atom. The molecular formula is C16H27NO3. The van der Waals surface area contributed by atoms with Crippen LogP contribution >= 0.6 is 0 Å². The third-order valence-electron chi connectivity index (χ3n) is 3.76. The smallest absolute Gasteiger partial charge is 0.0987 e. The molecule has 4 nitrogen and oxygen atoms in total. The second-order valence-corrected chi connectivity index (χ2v) is 5.60. The minimum Gasteiger partial charge on any atom is -0.501 e. The molecule has 2 unspecified atom stereocenters. The van der Waals surface area contributed by atoms with E-state index in [4.69, 9.17) is 14.2 Å². The zero-order valence-electron chi connectivity index (χ0n) is 12.9. The Bertz CT molecular complexity index is 361. The van der Waals surface area contributed by atoms with E-state index in [1.54, 1.807) is 14.2 Å². The summed E-state index contributed by atoms with van der Waals surface area (Å²) < 4.78 is 16.4. The fourth-order valence-electron chi connectivity index (χ4n) is 2.42. The molecule has 20 heavy (non-hydrogen) atoms. The molecule has 2 atom stereocenters. The Labute approximate surface area is 122 Å². The number of ether oxygens (including phenoxy) is 3. The summed E-state index contributed by atoms with van der Waals surface area (Å²) in [4.78, 5) is 0. The van der Waals surface area contributed by atoms with Gasteiger partial charge in [-0.15, -0.1) is 0 Å². The first-order valence-corrected chi connectivity index (χ1v) is 7.55. The maximum Gasteiger partial charge on any atom is 0.0987 e. The molecule has 0 spiro atoms. The van der Waals surface area contributed by atoms with Crippen molar-refractivity contribution < 1.29 is 14.2 Å². The van der Waals surface area contributed by atoms with Crippen molar-refractivity contribution in [3.63, 3.8) is 0 Å². The molecule has 2 aliphatic rings. The summed E-state index contributed by atoms with van der Waals surface area (Å²) in [6, 6.07) is 1.06. The van der Waals surface area contributed by atoms with Crippen LogP contribution in [0.4, 0.5) is 0 Å². The van der Waals surface area contributed by atoms with Crippen molar-refractivity contribution in [1.82, 2.24) is 5.32 Å². The van der Waals surface area contributed by atoms with E-state index in [9.17, 15) is 0 Å². The number of rotatable bonds is 9. The van der Waals surface area contributed by atoms with Crippen molar-refractivity contribution in [2.45, 2.75) is 50.8 Å². The molecule has 1 N–H and O–H groups in total. The molecule has 114 valence electrons. The normalized spacial score (nSPS) is 24.1. The molecule has 4 heteroatoms. The van der Waals surface area contributed by atoms with Crippen LogP contribution in [0.1, 0.15) is 32.6 Å². The van der Waals surface area contributed by atoms with Crippen molar-refractivity contribution in [3.05, 3.63) is 23.5 Å². The van der Waals surface area contributed by atoms with Gasteiger partial charge in [0.15, 0.2) is 0 Å². The van der Waals surface area contributed by atoms with Crippen LogP contribution in [0.5, 0.6) is 0 Å². The van der Waals surface area contributed by atoms with Crippen LogP contribution in [-0.4, -0.2) is 45.6 Å². The highest BCUT2D eigenvalue weighted by molar-refractivity contribution is 5.32. The third-order valence-corrected chi connectivity index (χ3v) is 3.76. The Morgan fingerprint density at radius 1 is 1.30 bits per heavy atom. The van der Waals surface area contributed by atoms with Crippen molar-refractivity contribution in [3.8, 4) is 0 Å². The average Bonchev–Trinajstić information content (AvgIpc) is 3.27. The fourth-order valence-corrected chi connectivity index (χ4v) is 2.42. The van der Waals surface area contributed by atoms with Gasteiger partial charge in [0, 0.05) is 38.8 Å². The molecule has 0 amide bonds. The van der Waals surface area contributed by atoms with E-state index in [0.717, 1.165) is 31.8 Å². The first-order chi connectivity index (χ1) is 9.72. The number of hydrogen-bond donors (Lipinski definition) is 1. The van der Waals surface area contributed by atoms with E-state index in [0.29, 0.717) is 12.1 Å². The predicted molar refractivity (Wildman–Crippen MR) is 79.6 cm³/mol. The largest absolute Gasteiger partial charge is 0.501 e. The van der Waals surface area contributed by atoms with Gasteiger partial charge < -0.3 is 19.5 Å². The Balaban J connectivity index is 1.88. The second-order valence-electron chi connectivity index (χ2n) is 5.60. The van der Waals surface area contributed by atoms with E-state index in [1.165, 1.54) is 18.4 Å². The summed E-state index contributed by atoms with van der Waals surface area (Å²) in [5.41, 5.74) is 1.27. The highest BCUT2D eigenvalue weighted by atomic mass is 16.5. The van der Waals surface area contributed by atoms with Crippen LogP contribution in [0.3, 0.4) is 0 Å². The summed E-state index contributed by atoms with van der Waals surface area (Å²) in [6.45, 7) is 3.68. The molecule has 1 saturated carbocycles. The van der Waals surface area contributed by atoms with Gasteiger partial charge in [-0.05, 0) is 37.8 Å².